The van der Waals surface area contributed by atoms with E-state index >= 15 is 0 Å². The number of nitrogens with one attached hydrogen (secondary N) is 1. The Balaban J connectivity index is 1.46. The van der Waals surface area contributed by atoms with E-state index in [1.54, 1.807) is 29.2 Å². The molecule has 3 aromatic rings. The number of anilines is 1. The van der Waals surface area contributed by atoms with Gasteiger partial charge in [-0.2, -0.15) is 0 Å². The van der Waals surface area contributed by atoms with E-state index in [2.05, 4.69) is 15.2 Å². The van der Waals surface area contributed by atoms with Crippen molar-refractivity contribution in [3.63, 3.8) is 0 Å². The van der Waals surface area contributed by atoms with Crippen molar-refractivity contribution in [1.82, 2.24) is 19.8 Å². The van der Waals surface area contributed by atoms with Crippen LogP contribution in [0.25, 0.3) is 11.0 Å². The molecule has 0 bridgehead atoms. The first-order chi connectivity index (χ1) is 17.3. The van der Waals surface area contributed by atoms with Crippen molar-refractivity contribution in [2.75, 3.05) is 37.6 Å². The van der Waals surface area contributed by atoms with E-state index in [0.29, 0.717) is 49.7 Å². The van der Waals surface area contributed by atoms with Crippen molar-refractivity contribution < 1.29 is 14.0 Å². The molecule has 2 amide bonds. The molecule has 190 valence electrons. The minimum atomic E-state index is -0.344. The molecule has 36 heavy (non-hydrogen) atoms. The molecule has 0 atom stereocenters. The van der Waals surface area contributed by atoms with Gasteiger partial charge in [0.15, 0.2) is 0 Å². The number of aryl methyl sites for hydroxylation is 1. The van der Waals surface area contributed by atoms with Crippen molar-refractivity contribution in [3.8, 4) is 0 Å². The summed E-state index contributed by atoms with van der Waals surface area (Å²) in [5.41, 5.74) is 2.06. The van der Waals surface area contributed by atoms with E-state index < -0.39 is 0 Å². The van der Waals surface area contributed by atoms with Crippen LogP contribution >= 0.6 is 0 Å². The Hall–Kier alpha value is -3.75. The normalized spacial score (nSPS) is 13.9. The van der Waals surface area contributed by atoms with Crippen molar-refractivity contribution in [3.05, 3.63) is 70.4 Å². The van der Waals surface area contributed by atoms with Crippen LogP contribution in [0.5, 0.6) is 0 Å². The van der Waals surface area contributed by atoms with Crippen LogP contribution in [0.3, 0.4) is 0 Å². The number of rotatable bonds is 8. The van der Waals surface area contributed by atoms with E-state index in [1.807, 2.05) is 26.0 Å². The molecule has 4 rings (SSSR count). The summed E-state index contributed by atoms with van der Waals surface area (Å²) in [6, 6.07) is 13.6. The highest BCUT2D eigenvalue weighted by Crippen LogP contribution is 2.17. The van der Waals surface area contributed by atoms with Gasteiger partial charge in [-0.15, -0.1) is 0 Å². The molecule has 8 nitrogen and oxygen atoms in total. The van der Waals surface area contributed by atoms with Crippen molar-refractivity contribution in [2.24, 2.45) is 5.92 Å². The molecule has 9 heteroatoms. The van der Waals surface area contributed by atoms with E-state index in [4.69, 9.17) is 0 Å². The maximum absolute atomic E-state index is 13.3. The maximum Gasteiger partial charge on any atom is 0.273 e. The van der Waals surface area contributed by atoms with Gasteiger partial charge >= 0.3 is 0 Å². The molecular formula is C27H32FN5O3. The largest absolute Gasteiger partial charge is 0.368 e. The lowest BCUT2D eigenvalue weighted by molar-refractivity contribution is -0.132. The average Bonchev–Trinajstić information content (AvgIpc) is 2.88. The molecule has 0 radical (unpaired) electrons. The van der Waals surface area contributed by atoms with E-state index in [1.165, 1.54) is 16.7 Å². The van der Waals surface area contributed by atoms with Crippen molar-refractivity contribution >= 4 is 28.5 Å². The monoisotopic (exact) mass is 493 g/mol. The fourth-order valence-corrected chi connectivity index (χ4v) is 4.30. The predicted octanol–water partition coefficient (Wildman–Crippen LogP) is 2.59. The summed E-state index contributed by atoms with van der Waals surface area (Å²) in [5, 5.41) is 2.86. The first-order valence-electron chi connectivity index (χ1n) is 12.4. The summed E-state index contributed by atoms with van der Waals surface area (Å²) in [6.45, 7) is 6.79. The standard InChI is InChI=1S/C27H32FN5O3/c1-19(2)17-29-25(34)12-11-23-27(36)33(24-6-4-3-5-22(24)30-23)18-26(35)32-15-13-31(14-16-32)21-9-7-20(28)8-10-21/h3-10,19H,11-18H2,1-2H3,(H,29,34). The van der Waals surface area contributed by atoms with Gasteiger partial charge in [0.2, 0.25) is 11.8 Å². The highest BCUT2D eigenvalue weighted by Gasteiger charge is 2.23. The lowest BCUT2D eigenvalue weighted by Crippen LogP contribution is -2.50. The lowest BCUT2D eigenvalue weighted by atomic mass is 10.2. The number of carbonyl (C=O) groups excluding carboxylic acids is 2. The summed E-state index contributed by atoms with van der Waals surface area (Å²) < 4.78 is 14.7. The Morgan fingerprint density at radius 1 is 1.03 bits per heavy atom. The Morgan fingerprint density at radius 2 is 1.72 bits per heavy atom. The Bertz CT molecular complexity index is 1280. The zero-order valence-electron chi connectivity index (χ0n) is 20.7. The van der Waals surface area contributed by atoms with Crippen LogP contribution < -0.4 is 15.8 Å². The SMILES string of the molecule is CC(C)CNC(=O)CCc1nc2ccccc2n(CC(=O)N2CCN(c3ccc(F)cc3)CC2)c1=O. The highest BCUT2D eigenvalue weighted by atomic mass is 19.1. The maximum atomic E-state index is 13.3. The second kappa shape index (κ2) is 11.3. The first-order valence-corrected chi connectivity index (χ1v) is 12.4. The number of piperazine rings is 1. The molecular weight excluding hydrogens is 461 g/mol. The van der Waals surface area contributed by atoms with Gasteiger partial charge < -0.3 is 15.1 Å². The third-order valence-corrected chi connectivity index (χ3v) is 6.33. The molecule has 1 fully saturated rings. The van der Waals surface area contributed by atoms with Crippen molar-refractivity contribution in [2.45, 2.75) is 33.2 Å². The van der Waals surface area contributed by atoms with E-state index in [9.17, 15) is 18.8 Å². The van der Waals surface area contributed by atoms with Gasteiger partial charge in [-0.25, -0.2) is 9.37 Å². The van der Waals surface area contributed by atoms with Crippen LogP contribution in [0.1, 0.15) is 26.0 Å². The fraction of sp³-hybridized carbons (Fsp3) is 0.407. The number of hydrogen-bond donors (Lipinski definition) is 1. The molecule has 0 spiro atoms. The summed E-state index contributed by atoms with van der Waals surface area (Å²) in [4.78, 5) is 47.0. The summed E-state index contributed by atoms with van der Waals surface area (Å²) in [7, 11) is 0. The van der Waals surface area contributed by atoms with Crippen LogP contribution in [-0.4, -0.2) is 59.0 Å². The molecule has 1 N–H and O–H groups in total. The number of carbonyl (C=O) groups is 2. The van der Waals surface area contributed by atoms with Crippen LogP contribution in [0, 0.1) is 11.7 Å². The molecule has 0 aliphatic carbocycles. The van der Waals surface area contributed by atoms with Gasteiger partial charge in [0.25, 0.3) is 5.56 Å². The van der Waals surface area contributed by atoms with Crippen LogP contribution in [0.2, 0.25) is 0 Å². The average molecular weight is 494 g/mol. The van der Waals surface area contributed by atoms with Gasteiger partial charge in [0.1, 0.15) is 18.1 Å². The van der Waals surface area contributed by atoms with Crippen LogP contribution in [-0.2, 0) is 22.6 Å². The Labute approximate surface area is 209 Å². The zero-order chi connectivity index (χ0) is 25.7. The van der Waals surface area contributed by atoms with E-state index in [0.717, 1.165) is 5.69 Å². The molecule has 1 aliphatic heterocycles. The number of halogens is 1. The number of amides is 2. The second-order valence-corrected chi connectivity index (χ2v) is 9.48. The number of para-hydroxylation sites is 2. The predicted molar refractivity (Wildman–Crippen MR) is 137 cm³/mol. The number of hydrogen-bond acceptors (Lipinski definition) is 5. The minimum Gasteiger partial charge on any atom is -0.368 e. The lowest BCUT2D eigenvalue weighted by Gasteiger charge is -2.36. The molecule has 1 aromatic heterocycles. The summed E-state index contributed by atoms with van der Waals surface area (Å²) >= 11 is 0. The van der Waals surface area contributed by atoms with Crippen molar-refractivity contribution in [1.29, 1.82) is 0 Å². The fourth-order valence-electron chi connectivity index (χ4n) is 4.30. The number of nitrogens with zero attached hydrogens (tertiary/aromatic N) is 4. The number of benzene rings is 2. The Kier molecular flexibility index (Phi) is 7.97. The van der Waals surface area contributed by atoms with Gasteiger partial charge in [-0.1, -0.05) is 26.0 Å². The van der Waals surface area contributed by atoms with Gasteiger partial charge in [0.05, 0.1) is 11.0 Å². The van der Waals surface area contributed by atoms with Gasteiger partial charge in [-0.05, 0) is 42.3 Å². The van der Waals surface area contributed by atoms with Crippen LogP contribution in [0.15, 0.2) is 53.3 Å². The smallest absolute Gasteiger partial charge is 0.273 e. The third kappa shape index (κ3) is 6.08. The molecule has 0 saturated carbocycles. The summed E-state index contributed by atoms with van der Waals surface area (Å²) in [6.07, 6.45) is 0.366. The minimum absolute atomic E-state index is 0.0923. The first kappa shape index (κ1) is 25.3. The molecule has 0 unspecified atom stereocenters. The van der Waals surface area contributed by atoms with Gasteiger partial charge in [0, 0.05) is 51.3 Å². The second-order valence-electron chi connectivity index (χ2n) is 9.48. The topological polar surface area (TPSA) is 87.5 Å². The van der Waals surface area contributed by atoms with E-state index in [-0.39, 0.29) is 48.3 Å². The van der Waals surface area contributed by atoms with Crippen LogP contribution in [0.4, 0.5) is 10.1 Å². The Morgan fingerprint density at radius 3 is 2.42 bits per heavy atom. The van der Waals surface area contributed by atoms with Gasteiger partial charge in [-0.3, -0.25) is 19.0 Å². The zero-order valence-corrected chi connectivity index (χ0v) is 20.7. The number of fused-ring (bicyclic) bond motifs is 1. The quantitative estimate of drug-likeness (QED) is 0.521. The molecule has 2 aromatic carbocycles. The molecule has 2 heterocycles. The third-order valence-electron chi connectivity index (χ3n) is 6.33. The summed E-state index contributed by atoms with van der Waals surface area (Å²) in [5.74, 6) is -0.209. The molecule has 1 saturated heterocycles. The molecule has 1 aliphatic rings. The highest BCUT2D eigenvalue weighted by molar-refractivity contribution is 5.81. The number of aromatic nitrogens is 2.